The molecule has 6 heteroatoms. The summed E-state index contributed by atoms with van der Waals surface area (Å²) in [6, 6.07) is 11.7. The number of carbonyl (C=O) groups is 1. The molecule has 0 saturated heterocycles. The molecular weight excluding hydrogens is 290 g/mol. The Kier molecular flexibility index (Phi) is 4.52. The van der Waals surface area contributed by atoms with Gasteiger partial charge in [0.05, 0.1) is 18.4 Å². The summed E-state index contributed by atoms with van der Waals surface area (Å²) in [7, 11) is 0. The second-order valence-electron chi connectivity index (χ2n) is 5.32. The fourth-order valence-electron chi connectivity index (χ4n) is 2.35. The van der Waals surface area contributed by atoms with Gasteiger partial charge >= 0.3 is 0 Å². The molecule has 3 aromatic rings. The van der Waals surface area contributed by atoms with Gasteiger partial charge in [-0.25, -0.2) is 4.98 Å². The summed E-state index contributed by atoms with van der Waals surface area (Å²) in [6.45, 7) is 2.42. The fourth-order valence-corrected chi connectivity index (χ4v) is 2.35. The molecule has 1 aromatic carbocycles. The molecule has 0 aliphatic heterocycles. The second kappa shape index (κ2) is 6.91. The second-order valence-corrected chi connectivity index (χ2v) is 5.32. The summed E-state index contributed by atoms with van der Waals surface area (Å²) in [4.78, 5) is 19.6. The molecular formula is C17H19N5O. The lowest BCUT2D eigenvalue weighted by Gasteiger charge is -2.00. The summed E-state index contributed by atoms with van der Waals surface area (Å²) in [6.07, 6.45) is 3.67. The summed E-state index contributed by atoms with van der Waals surface area (Å²) in [5, 5.41) is 9.73. The predicted octanol–water partition coefficient (Wildman–Crippen LogP) is 2.68. The minimum atomic E-state index is -0.207. The highest BCUT2D eigenvalue weighted by Gasteiger charge is 2.11. The number of carbonyl (C=O) groups excluding carboxylic acids is 1. The minimum Gasteiger partial charge on any atom is -0.343 e. The van der Waals surface area contributed by atoms with Crippen LogP contribution in [0.1, 0.15) is 35.4 Å². The topological polar surface area (TPSA) is 86.5 Å². The van der Waals surface area contributed by atoms with Crippen LogP contribution >= 0.6 is 0 Å². The zero-order chi connectivity index (χ0) is 16.1. The van der Waals surface area contributed by atoms with Crippen molar-refractivity contribution in [3.63, 3.8) is 0 Å². The van der Waals surface area contributed by atoms with Crippen LogP contribution in [0, 0.1) is 0 Å². The van der Waals surface area contributed by atoms with Crippen molar-refractivity contribution < 1.29 is 4.79 Å². The maximum atomic E-state index is 12.1. The molecule has 0 radical (unpaired) electrons. The van der Waals surface area contributed by atoms with E-state index >= 15 is 0 Å². The Bertz CT molecular complexity index is 775. The summed E-state index contributed by atoms with van der Waals surface area (Å²) < 4.78 is 0. The van der Waals surface area contributed by atoms with E-state index < -0.39 is 0 Å². The third kappa shape index (κ3) is 3.66. The van der Waals surface area contributed by atoms with E-state index in [1.807, 2.05) is 30.3 Å². The van der Waals surface area contributed by atoms with Gasteiger partial charge in [-0.15, -0.1) is 0 Å². The Labute approximate surface area is 134 Å². The molecule has 0 aliphatic rings. The van der Waals surface area contributed by atoms with E-state index in [-0.39, 0.29) is 5.91 Å². The molecule has 0 bridgehead atoms. The van der Waals surface area contributed by atoms with Gasteiger partial charge in [-0.3, -0.25) is 9.89 Å². The standard InChI is InChI=1S/C17H19N5O/c1-2-6-13-9-14(22-21-13)17(23)19-11-16-18-10-15(20-16)12-7-4-3-5-8-12/h3-5,7-10H,2,6,11H2,1H3,(H,18,20)(H,19,23)(H,21,22). The average molecular weight is 309 g/mol. The molecule has 0 fully saturated rings. The van der Waals surface area contributed by atoms with Gasteiger partial charge in [0.15, 0.2) is 0 Å². The van der Waals surface area contributed by atoms with Crippen molar-refractivity contribution in [2.24, 2.45) is 0 Å². The zero-order valence-corrected chi connectivity index (χ0v) is 13.0. The number of hydrogen-bond acceptors (Lipinski definition) is 3. The van der Waals surface area contributed by atoms with Gasteiger partial charge in [0.1, 0.15) is 11.5 Å². The summed E-state index contributed by atoms with van der Waals surface area (Å²) >= 11 is 0. The predicted molar refractivity (Wildman–Crippen MR) is 87.8 cm³/mol. The average Bonchev–Trinajstić information content (AvgIpc) is 3.23. The zero-order valence-electron chi connectivity index (χ0n) is 13.0. The number of aryl methyl sites for hydroxylation is 1. The summed E-state index contributed by atoms with van der Waals surface area (Å²) in [5.41, 5.74) is 3.37. The van der Waals surface area contributed by atoms with Crippen LogP contribution in [0.3, 0.4) is 0 Å². The number of nitrogens with one attached hydrogen (secondary N) is 3. The maximum absolute atomic E-state index is 12.1. The van der Waals surface area contributed by atoms with Crippen molar-refractivity contribution >= 4 is 5.91 Å². The SMILES string of the molecule is CCCc1cc(C(=O)NCc2ncc(-c3ccccc3)[nH]2)n[nH]1. The third-order valence-electron chi connectivity index (χ3n) is 3.51. The van der Waals surface area contributed by atoms with Crippen LogP contribution in [-0.4, -0.2) is 26.1 Å². The molecule has 0 aliphatic carbocycles. The van der Waals surface area contributed by atoms with E-state index in [2.05, 4.69) is 32.4 Å². The maximum Gasteiger partial charge on any atom is 0.272 e. The van der Waals surface area contributed by atoms with Crippen LogP contribution in [-0.2, 0) is 13.0 Å². The van der Waals surface area contributed by atoms with E-state index in [1.54, 1.807) is 12.3 Å². The lowest BCUT2D eigenvalue weighted by molar-refractivity contribution is 0.0945. The van der Waals surface area contributed by atoms with Gasteiger partial charge in [-0.1, -0.05) is 43.7 Å². The number of imidazole rings is 1. The van der Waals surface area contributed by atoms with Gasteiger partial charge in [0.2, 0.25) is 0 Å². The highest BCUT2D eigenvalue weighted by atomic mass is 16.1. The third-order valence-corrected chi connectivity index (χ3v) is 3.51. The van der Waals surface area contributed by atoms with Crippen LogP contribution in [0.5, 0.6) is 0 Å². The van der Waals surface area contributed by atoms with E-state index in [9.17, 15) is 4.79 Å². The fraction of sp³-hybridized carbons (Fsp3) is 0.235. The van der Waals surface area contributed by atoms with Crippen molar-refractivity contribution in [3.05, 3.63) is 59.8 Å². The van der Waals surface area contributed by atoms with Crippen LogP contribution in [0.2, 0.25) is 0 Å². The van der Waals surface area contributed by atoms with Crippen LogP contribution < -0.4 is 5.32 Å². The quantitative estimate of drug-likeness (QED) is 0.654. The Morgan fingerprint density at radius 3 is 2.87 bits per heavy atom. The van der Waals surface area contributed by atoms with Crippen LogP contribution in [0.15, 0.2) is 42.6 Å². The molecule has 1 amide bonds. The van der Waals surface area contributed by atoms with Crippen LogP contribution in [0.4, 0.5) is 0 Å². The van der Waals surface area contributed by atoms with Gasteiger partial charge in [0, 0.05) is 5.69 Å². The summed E-state index contributed by atoms with van der Waals surface area (Å²) in [5.74, 6) is 0.503. The first kappa shape index (κ1) is 15.0. The number of rotatable bonds is 6. The first-order valence-corrected chi connectivity index (χ1v) is 7.68. The molecule has 0 unspecified atom stereocenters. The number of hydrogen-bond donors (Lipinski definition) is 3. The van der Waals surface area contributed by atoms with Crippen molar-refractivity contribution in [2.45, 2.75) is 26.3 Å². The van der Waals surface area contributed by atoms with E-state index in [1.165, 1.54) is 0 Å². The molecule has 2 aromatic heterocycles. The van der Waals surface area contributed by atoms with E-state index in [0.717, 1.165) is 29.8 Å². The van der Waals surface area contributed by atoms with Gasteiger partial charge < -0.3 is 10.3 Å². The number of aromatic nitrogens is 4. The Balaban J connectivity index is 1.60. The number of amides is 1. The van der Waals surface area contributed by atoms with Gasteiger partial charge in [0.25, 0.3) is 5.91 Å². The smallest absolute Gasteiger partial charge is 0.272 e. The van der Waals surface area contributed by atoms with Crippen molar-refractivity contribution in [1.29, 1.82) is 0 Å². The molecule has 2 heterocycles. The number of nitrogens with zero attached hydrogens (tertiary/aromatic N) is 2. The molecule has 0 saturated carbocycles. The van der Waals surface area contributed by atoms with E-state index in [0.29, 0.717) is 18.1 Å². The number of aromatic amines is 2. The monoisotopic (exact) mass is 309 g/mol. The van der Waals surface area contributed by atoms with Gasteiger partial charge in [-0.2, -0.15) is 5.10 Å². The normalized spacial score (nSPS) is 10.7. The van der Waals surface area contributed by atoms with Crippen molar-refractivity contribution in [2.75, 3.05) is 0 Å². The Hall–Kier alpha value is -2.89. The number of H-pyrrole nitrogens is 2. The Morgan fingerprint density at radius 2 is 2.09 bits per heavy atom. The molecule has 23 heavy (non-hydrogen) atoms. The van der Waals surface area contributed by atoms with E-state index in [4.69, 9.17) is 0 Å². The Morgan fingerprint density at radius 1 is 1.26 bits per heavy atom. The molecule has 3 N–H and O–H groups in total. The lowest BCUT2D eigenvalue weighted by Crippen LogP contribution is -2.23. The van der Waals surface area contributed by atoms with Crippen molar-refractivity contribution in [1.82, 2.24) is 25.5 Å². The first-order chi connectivity index (χ1) is 11.3. The molecule has 6 nitrogen and oxygen atoms in total. The first-order valence-electron chi connectivity index (χ1n) is 7.68. The van der Waals surface area contributed by atoms with Gasteiger partial charge in [-0.05, 0) is 18.1 Å². The number of benzene rings is 1. The lowest BCUT2D eigenvalue weighted by atomic mass is 10.2. The van der Waals surface area contributed by atoms with Crippen molar-refractivity contribution in [3.8, 4) is 11.3 Å². The molecule has 0 spiro atoms. The molecule has 0 atom stereocenters. The van der Waals surface area contributed by atoms with Crippen LogP contribution in [0.25, 0.3) is 11.3 Å². The largest absolute Gasteiger partial charge is 0.343 e. The molecule has 118 valence electrons. The highest BCUT2D eigenvalue weighted by molar-refractivity contribution is 5.92. The minimum absolute atomic E-state index is 0.207. The molecule has 3 rings (SSSR count). The highest BCUT2D eigenvalue weighted by Crippen LogP contribution is 2.15.